The molecule has 1 aliphatic carbocycles. The molecule has 1 fully saturated rings. The first-order valence-corrected chi connectivity index (χ1v) is 16.9. The molecule has 0 saturated heterocycles. The van der Waals surface area contributed by atoms with E-state index in [4.69, 9.17) is 4.74 Å². The minimum absolute atomic E-state index is 0.0381. The van der Waals surface area contributed by atoms with E-state index in [-0.39, 0.29) is 52.8 Å². The number of aromatic nitrogens is 1. The Hall–Kier alpha value is -6.16. The standard InChI is InChI=1S/C39H36F2N4O9/c40-34-21(18-42-19-31(47)27-11-13-30(46)36-28(27)12-14-32(48)45-36)9-10-29(35(34)41)37(50)44-25-16-24(17-25)43-33(49)20-54-26-8-4-7-23(15-26)39(53,38(51)52)22-5-2-1-3-6-22/h1-15,24-25,31,42,46-47,53H,16-20H2,(H,43,49)(H,44,50)(H,45,48)(H,51,52)/t24?,25?,31-,39-/m0/s1. The van der Waals surface area contributed by atoms with Crippen molar-refractivity contribution >= 4 is 28.7 Å². The Morgan fingerprint density at radius 1 is 0.889 bits per heavy atom. The van der Waals surface area contributed by atoms with Crippen LogP contribution in [-0.4, -0.2) is 68.4 Å². The highest BCUT2D eigenvalue weighted by Crippen LogP contribution is 2.32. The molecule has 54 heavy (non-hydrogen) atoms. The molecular formula is C39H36F2N4O9. The summed E-state index contributed by atoms with van der Waals surface area (Å²) in [4.78, 5) is 51.6. The SMILES string of the molecule is O=C(COc1cccc([C@](O)(C(=O)O)c2ccccc2)c1)NC1CC(NC(=O)c2ccc(CNC[C@H](O)c3ccc(O)c4[nH]c(=O)ccc34)c(F)c2F)C1. The van der Waals surface area contributed by atoms with Gasteiger partial charge < -0.3 is 46.1 Å². The molecule has 15 heteroatoms. The van der Waals surface area contributed by atoms with E-state index in [9.17, 15) is 48.4 Å². The molecule has 2 amide bonds. The molecule has 2 atom stereocenters. The number of aliphatic hydroxyl groups excluding tert-OH is 1. The zero-order valence-electron chi connectivity index (χ0n) is 28.5. The number of carboxylic acids is 1. The van der Waals surface area contributed by atoms with E-state index in [2.05, 4.69) is 20.9 Å². The van der Waals surface area contributed by atoms with Crippen molar-refractivity contribution in [3.63, 3.8) is 0 Å². The second-order valence-corrected chi connectivity index (χ2v) is 12.9. The van der Waals surface area contributed by atoms with Gasteiger partial charge in [-0.2, -0.15) is 0 Å². The highest BCUT2D eigenvalue weighted by Gasteiger charge is 2.40. The lowest BCUT2D eigenvalue weighted by atomic mass is 9.86. The van der Waals surface area contributed by atoms with E-state index in [1.54, 1.807) is 18.2 Å². The first kappa shape index (κ1) is 37.6. The normalized spacial score (nSPS) is 16.8. The number of amides is 2. The number of carbonyl (C=O) groups is 3. The fourth-order valence-corrected chi connectivity index (χ4v) is 6.34. The molecule has 0 bridgehead atoms. The van der Waals surface area contributed by atoms with E-state index < -0.39 is 64.9 Å². The van der Waals surface area contributed by atoms with Gasteiger partial charge in [-0.25, -0.2) is 13.6 Å². The van der Waals surface area contributed by atoms with Gasteiger partial charge in [-0.1, -0.05) is 54.6 Å². The number of rotatable bonds is 14. The highest BCUT2D eigenvalue weighted by atomic mass is 19.2. The molecule has 0 aliphatic heterocycles. The van der Waals surface area contributed by atoms with Crippen molar-refractivity contribution in [1.82, 2.24) is 20.9 Å². The minimum atomic E-state index is -2.34. The van der Waals surface area contributed by atoms with Gasteiger partial charge in [0.1, 0.15) is 11.5 Å². The van der Waals surface area contributed by atoms with Crippen LogP contribution in [0.5, 0.6) is 11.5 Å². The summed E-state index contributed by atoms with van der Waals surface area (Å²) in [6.45, 7) is -0.660. The van der Waals surface area contributed by atoms with Crippen LogP contribution in [0.4, 0.5) is 8.78 Å². The number of aromatic hydroxyl groups is 1. The van der Waals surface area contributed by atoms with E-state index in [1.165, 1.54) is 66.7 Å². The molecule has 1 heterocycles. The van der Waals surface area contributed by atoms with Gasteiger partial charge in [0.25, 0.3) is 11.8 Å². The number of nitrogens with one attached hydrogen (secondary N) is 4. The summed E-state index contributed by atoms with van der Waals surface area (Å²) < 4.78 is 35.5. The van der Waals surface area contributed by atoms with Gasteiger partial charge in [0, 0.05) is 47.8 Å². The van der Waals surface area contributed by atoms with Crippen molar-refractivity contribution in [3.8, 4) is 11.5 Å². The molecular weight excluding hydrogens is 706 g/mol. The molecule has 4 aromatic carbocycles. The number of aliphatic carboxylic acids is 1. The first-order valence-electron chi connectivity index (χ1n) is 16.9. The Bertz CT molecular complexity index is 2260. The average molecular weight is 743 g/mol. The van der Waals surface area contributed by atoms with Crippen LogP contribution in [0.15, 0.2) is 95.8 Å². The topological polar surface area (TPSA) is 210 Å². The predicted molar refractivity (Wildman–Crippen MR) is 191 cm³/mol. The third-order valence-corrected chi connectivity index (χ3v) is 9.29. The summed E-state index contributed by atoms with van der Waals surface area (Å²) in [5.74, 6) is -5.36. The lowest BCUT2D eigenvalue weighted by molar-refractivity contribution is -0.155. The maximum absolute atomic E-state index is 15.0. The molecule has 8 N–H and O–H groups in total. The molecule has 1 aromatic heterocycles. The maximum Gasteiger partial charge on any atom is 0.345 e. The van der Waals surface area contributed by atoms with E-state index in [0.29, 0.717) is 23.8 Å². The van der Waals surface area contributed by atoms with Crippen LogP contribution in [-0.2, 0) is 21.7 Å². The van der Waals surface area contributed by atoms with Crippen molar-refractivity contribution in [3.05, 3.63) is 141 Å². The van der Waals surface area contributed by atoms with Crippen LogP contribution >= 0.6 is 0 Å². The quantitative estimate of drug-likeness (QED) is 0.0834. The fourth-order valence-electron chi connectivity index (χ4n) is 6.34. The zero-order valence-corrected chi connectivity index (χ0v) is 28.5. The summed E-state index contributed by atoms with van der Waals surface area (Å²) in [5, 5.41) is 50.3. The lowest BCUT2D eigenvalue weighted by Gasteiger charge is -2.36. The van der Waals surface area contributed by atoms with Crippen molar-refractivity contribution in [2.75, 3.05) is 13.2 Å². The number of carboxylic acid groups (broad SMARTS) is 1. The van der Waals surface area contributed by atoms with E-state index in [0.717, 1.165) is 6.07 Å². The number of pyridine rings is 1. The average Bonchev–Trinajstić information content (AvgIpc) is 3.15. The Kier molecular flexibility index (Phi) is 11.0. The van der Waals surface area contributed by atoms with E-state index >= 15 is 0 Å². The number of aromatic amines is 1. The molecule has 0 unspecified atom stereocenters. The summed E-state index contributed by atoms with van der Waals surface area (Å²) >= 11 is 0. The minimum Gasteiger partial charge on any atom is -0.506 e. The molecule has 1 aliphatic rings. The largest absolute Gasteiger partial charge is 0.506 e. The van der Waals surface area contributed by atoms with Crippen molar-refractivity contribution < 1.29 is 48.3 Å². The fraction of sp³-hybridized carbons (Fsp3) is 0.231. The predicted octanol–water partition coefficient (Wildman–Crippen LogP) is 3.11. The Morgan fingerprint density at radius 2 is 1.61 bits per heavy atom. The Morgan fingerprint density at radius 3 is 2.35 bits per heavy atom. The van der Waals surface area contributed by atoms with Crippen LogP contribution < -0.4 is 26.2 Å². The molecule has 1 saturated carbocycles. The number of phenols is 1. The second kappa shape index (κ2) is 15.8. The molecule has 0 radical (unpaired) electrons. The van der Waals surface area contributed by atoms with Crippen molar-refractivity contribution in [2.24, 2.45) is 0 Å². The molecule has 5 aromatic rings. The number of benzene rings is 4. The Labute approximate surface area is 306 Å². The van der Waals surface area contributed by atoms with Gasteiger partial charge in [0.2, 0.25) is 11.2 Å². The Balaban J connectivity index is 0.958. The number of carbonyl (C=O) groups excluding carboxylic acids is 2. The second-order valence-electron chi connectivity index (χ2n) is 12.9. The molecule has 280 valence electrons. The van der Waals surface area contributed by atoms with Gasteiger partial charge in [-0.15, -0.1) is 0 Å². The molecule has 6 rings (SSSR count). The van der Waals surface area contributed by atoms with Crippen LogP contribution in [0.3, 0.4) is 0 Å². The third kappa shape index (κ3) is 7.93. The molecule has 0 spiro atoms. The highest BCUT2D eigenvalue weighted by molar-refractivity contribution is 5.95. The summed E-state index contributed by atoms with van der Waals surface area (Å²) in [5.41, 5.74) is -2.60. The number of fused-ring (bicyclic) bond motifs is 1. The number of ether oxygens (including phenoxy) is 1. The number of phenolic OH excluding ortho intramolecular Hbond substituents is 1. The van der Waals surface area contributed by atoms with Gasteiger partial charge in [0.15, 0.2) is 18.2 Å². The van der Waals surface area contributed by atoms with Crippen LogP contribution in [0.2, 0.25) is 0 Å². The number of hydrogen-bond donors (Lipinski definition) is 8. The summed E-state index contributed by atoms with van der Waals surface area (Å²) in [7, 11) is 0. The van der Waals surface area contributed by atoms with Crippen LogP contribution in [0.25, 0.3) is 10.9 Å². The number of hydrogen-bond acceptors (Lipinski definition) is 9. The van der Waals surface area contributed by atoms with Gasteiger partial charge in [0.05, 0.1) is 17.2 Å². The number of H-pyrrole nitrogens is 1. The number of halogens is 2. The maximum atomic E-state index is 15.0. The van der Waals surface area contributed by atoms with Gasteiger partial charge in [-0.05, 0) is 54.3 Å². The van der Waals surface area contributed by atoms with E-state index in [1.807, 2.05) is 0 Å². The van der Waals surface area contributed by atoms with Crippen LogP contribution in [0, 0.1) is 11.6 Å². The van der Waals surface area contributed by atoms with Crippen LogP contribution in [0.1, 0.15) is 51.6 Å². The first-order chi connectivity index (χ1) is 25.8. The summed E-state index contributed by atoms with van der Waals surface area (Å²) in [6.07, 6.45) is -0.460. The van der Waals surface area contributed by atoms with Crippen molar-refractivity contribution in [1.29, 1.82) is 0 Å². The lowest BCUT2D eigenvalue weighted by Crippen LogP contribution is -2.54. The smallest absolute Gasteiger partial charge is 0.345 e. The summed E-state index contributed by atoms with van der Waals surface area (Å²) in [6, 6.07) is 20.9. The number of aliphatic hydroxyl groups is 2. The molecule has 13 nitrogen and oxygen atoms in total. The van der Waals surface area contributed by atoms with Crippen molar-refractivity contribution in [2.45, 2.75) is 43.2 Å². The third-order valence-electron chi connectivity index (χ3n) is 9.29. The van der Waals surface area contributed by atoms with Gasteiger partial charge in [-0.3, -0.25) is 14.4 Å². The monoisotopic (exact) mass is 742 g/mol. The van der Waals surface area contributed by atoms with Gasteiger partial charge >= 0.3 is 5.97 Å². The zero-order chi connectivity index (χ0) is 38.6.